The van der Waals surface area contributed by atoms with Crippen LogP contribution < -0.4 is 10.1 Å². The van der Waals surface area contributed by atoms with Gasteiger partial charge in [-0.15, -0.1) is 0 Å². The molecule has 1 aliphatic carbocycles. The molecule has 1 saturated carbocycles. The maximum absolute atomic E-state index is 12.9. The molecular formula is C19H18FNO4. The first-order valence-electron chi connectivity index (χ1n) is 7.93. The lowest BCUT2D eigenvalue weighted by molar-refractivity contribution is -0.122. The largest absolute Gasteiger partial charge is 0.496 e. The Morgan fingerprint density at radius 2 is 1.96 bits per heavy atom. The van der Waals surface area contributed by atoms with E-state index in [-0.39, 0.29) is 34.9 Å². The summed E-state index contributed by atoms with van der Waals surface area (Å²) in [7, 11) is 1.40. The molecule has 0 heterocycles. The van der Waals surface area contributed by atoms with E-state index in [2.05, 4.69) is 5.32 Å². The molecule has 0 radical (unpaired) electrons. The van der Waals surface area contributed by atoms with Crippen LogP contribution in [0.5, 0.6) is 5.75 Å². The second-order valence-electron chi connectivity index (χ2n) is 6.06. The zero-order valence-electron chi connectivity index (χ0n) is 13.7. The van der Waals surface area contributed by atoms with E-state index in [1.807, 2.05) is 0 Å². The molecular weight excluding hydrogens is 325 g/mol. The number of carboxylic acids is 1. The van der Waals surface area contributed by atoms with Crippen molar-refractivity contribution in [3.8, 4) is 5.75 Å². The molecule has 2 unspecified atom stereocenters. The Morgan fingerprint density at radius 3 is 2.60 bits per heavy atom. The first kappa shape index (κ1) is 17.0. The average molecular weight is 343 g/mol. The number of amides is 1. The molecule has 1 fully saturated rings. The molecule has 2 atom stereocenters. The van der Waals surface area contributed by atoms with Gasteiger partial charge in [0.05, 0.1) is 7.11 Å². The minimum Gasteiger partial charge on any atom is -0.496 e. The van der Waals surface area contributed by atoms with Gasteiger partial charge in [-0.1, -0.05) is 18.2 Å². The van der Waals surface area contributed by atoms with Gasteiger partial charge in [0.2, 0.25) is 5.91 Å². The lowest BCUT2D eigenvalue weighted by atomic mass is 10.1. The molecule has 2 aromatic carbocycles. The molecule has 6 heteroatoms. The molecule has 0 aliphatic heterocycles. The van der Waals surface area contributed by atoms with E-state index in [0.29, 0.717) is 6.54 Å². The standard InChI is InChI=1S/C19H18FNO4/c1-25-17-8-11(2-7-14(17)19(23)24)10-21-18(22)16-9-15(16)12-3-5-13(20)6-4-12/h2-8,15-16H,9-10H2,1H3,(H,21,22)(H,23,24). The Labute approximate surface area is 144 Å². The highest BCUT2D eigenvalue weighted by molar-refractivity contribution is 5.91. The highest BCUT2D eigenvalue weighted by atomic mass is 19.1. The number of ether oxygens (including phenoxy) is 1. The average Bonchev–Trinajstić information content (AvgIpc) is 3.40. The summed E-state index contributed by atoms with van der Waals surface area (Å²) < 4.78 is 18.0. The van der Waals surface area contributed by atoms with Crippen LogP contribution >= 0.6 is 0 Å². The van der Waals surface area contributed by atoms with E-state index in [9.17, 15) is 14.0 Å². The highest BCUT2D eigenvalue weighted by Gasteiger charge is 2.43. The quantitative estimate of drug-likeness (QED) is 0.845. The minimum absolute atomic E-state index is 0.0596. The number of benzene rings is 2. The second-order valence-corrected chi connectivity index (χ2v) is 6.06. The third kappa shape index (κ3) is 3.79. The molecule has 0 spiro atoms. The minimum atomic E-state index is -1.06. The van der Waals surface area contributed by atoms with Crippen LogP contribution in [0.1, 0.15) is 33.8 Å². The van der Waals surface area contributed by atoms with Crippen LogP contribution in [-0.4, -0.2) is 24.1 Å². The van der Waals surface area contributed by atoms with Crippen molar-refractivity contribution < 1.29 is 23.8 Å². The number of nitrogens with one attached hydrogen (secondary N) is 1. The van der Waals surface area contributed by atoms with Gasteiger partial charge in [0, 0.05) is 12.5 Å². The Bertz CT molecular complexity index is 804. The van der Waals surface area contributed by atoms with Gasteiger partial charge in [0.25, 0.3) is 0 Å². The second kappa shape index (κ2) is 6.93. The van der Waals surface area contributed by atoms with E-state index >= 15 is 0 Å². The molecule has 1 aliphatic rings. The van der Waals surface area contributed by atoms with Crippen molar-refractivity contribution >= 4 is 11.9 Å². The van der Waals surface area contributed by atoms with E-state index in [1.54, 1.807) is 24.3 Å². The SMILES string of the molecule is COc1cc(CNC(=O)C2CC2c2ccc(F)cc2)ccc1C(=O)O. The van der Waals surface area contributed by atoms with Gasteiger partial charge >= 0.3 is 5.97 Å². The van der Waals surface area contributed by atoms with Crippen LogP contribution in [0.15, 0.2) is 42.5 Å². The molecule has 130 valence electrons. The van der Waals surface area contributed by atoms with Gasteiger partial charge in [0.15, 0.2) is 0 Å². The van der Waals surface area contributed by atoms with Crippen LogP contribution in [0.3, 0.4) is 0 Å². The van der Waals surface area contributed by atoms with Crippen molar-refractivity contribution in [2.24, 2.45) is 5.92 Å². The fourth-order valence-electron chi connectivity index (χ4n) is 2.91. The van der Waals surface area contributed by atoms with Crippen molar-refractivity contribution in [1.29, 1.82) is 0 Å². The fraction of sp³-hybridized carbons (Fsp3) is 0.263. The normalized spacial score (nSPS) is 18.5. The monoisotopic (exact) mass is 343 g/mol. The van der Waals surface area contributed by atoms with Gasteiger partial charge in [-0.3, -0.25) is 4.79 Å². The van der Waals surface area contributed by atoms with E-state index in [4.69, 9.17) is 9.84 Å². The molecule has 25 heavy (non-hydrogen) atoms. The predicted molar refractivity (Wildman–Crippen MR) is 89.0 cm³/mol. The molecule has 1 amide bonds. The van der Waals surface area contributed by atoms with Crippen LogP contribution in [0.25, 0.3) is 0 Å². The Hall–Kier alpha value is -2.89. The number of rotatable bonds is 6. The third-order valence-electron chi connectivity index (χ3n) is 4.39. The smallest absolute Gasteiger partial charge is 0.339 e. The summed E-state index contributed by atoms with van der Waals surface area (Å²) in [6.45, 7) is 0.293. The number of carbonyl (C=O) groups excluding carboxylic acids is 1. The number of methoxy groups -OCH3 is 1. The van der Waals surface area contributed by atoms with Gasteiger partial charge in [-0.05, 0) is 47.7 Å². The summed E-state index contributed by atoms with van der Waals surface area (Å²) in [6, 6.07) is 10.9. The predicted octanol–water partition coefficient (Wildman–Crippen LogP) is 2.95. The summed E-state index contributed by atoms with van der Waals surface area (Å²) in [6.07, 6.45) is 0.749. The summed E-state index contributed by atoms with van der Waals surface area (Å²) in [5, 5.41) is 11.9. The number of carbonyl (C=O) groups is 2. The Balaban J connectivity index is 1.58. The van der Waals surface area contributed by atoms with Gasteiger partial charge in [0.1, 0.15) is 17.1 Å². The van der Waals surface area contributed by atoms with Crippen molar-refractivity contribution in [2.75, 3.05) is 7.11 Å². The highest BCUT2D eigenvalue weighted by Crippen LogP contribution is 2.47. The lowest BCUT2D eigenvalue weighted by Gasteiger charge is -2.09. The number of aromatic carboxylic acids is 1. The molecule has 5 nitrogen and oxygen atoms in total. The first-order valence-corrected chi connectivity index (χ1v) is 7.93. The van der Waals surface area contributed by atoms with E-state index in [1.165, 1.54) is 25.3 Å². The van der Waals surface area contributed by atoms with Crippen molar-refractivity contribution in [1.82, 2.24) is 5.32 Å². The van der Waals surface area contributed by atoms with E-state index in [0.717, 1.165) is 17.5 Å². The zero-order chi connectivity index (χ0) is 18.0. The number of halogens is 1. The molecule has 2 N–H and O–H groups in total. The lowest BCUT2D eigenvalue weighted by Crippen LogP contribution is -2.25. The molecule has 2 aromatic rings. The van der Waals surface area contributed by atoms with Gasteiger partial charge in [-0.2, -0.15) is 0 Å². The van der Waals surface area contributed by atoms with Crippen LogP contribution in [0.4, 0.5) is 4.39 Å². The first-order chi connectivity index (χ1) is 12.0. The number of hydrogen-bond acceptors (Lipinski definition) is 3. The summed E-state index contributed by atoms with van der Waals surface area (Å²) in [5.74, 6) is -1.13. The van der Waals surface area contributed by atoms with Gasteiger partial charge < -0.3 is 15.2 Å². The van der Waals surface area contributed by atoms with Crippen LogP contribution in [0.2, 0.25) is 0 Å². The van der Waals surface area contributed by atoms with Crippen molar-refractivity contribution in [3.63, 3.8) is 0 Å². The van der Waals surface area contributed by atoms with Crippen LogP contribution in [0, 0.1) is 11.7 Å². The Morgan fingerprint density at radius 1 is 1.24 bits per heavy atom. The zero-order valence-corrected chi connectivity index (χ0v) is 13.7. The summed E-state index contributed by atoms with van der Waals surface area (Å²) >= 11 is 0. The maximum atomic E-state index is 12.9. The topological polar surface area (TPSA) is 75.6 Å². The third-order valence-corrected chi connectivity index (χ3v) is 4.39. The summed E-state index contributed by atoms with van der Waals surface area (Å²) in [5.41, 5.74) is 1.80. The molecule has 0 aromatic heterocycles. The summed E-state index contributed by atoms with van der Waals surface area (Å²) in [4.78, 5) is 23.3. The van der Waals surface area contributed by atoms with E-state index < -0.39 is 5.97 Å². The van der Waals surface area contributed by atoms with Crippen molar-refractivity contribution in [3.05, 3.63) is 65.0 Å². The van der Waals surface area contributed by atoms with Crippen molar-refractivity contribution in [2.45, 2.75) is 18.9 Å². The molecule has 0 bridgehead atoms. The Kier molecular flexibility index (Phi) is 4.70. The fourth-order valence-corrected chi connectivity index (χ4v) is 2.91. The maximum Gasteiger partial charge on any atom is 0.339 e. The van der Waals surface area contributed by atoms with Crippen LogP contribution in [-0.2, 0) is 11.3 Å². The number of hydrogen-bond donors (Lipinski definition) is 2. The molecule has 0 saturated heterocycles. The molecule has 3 rings (SSSR count). The number of carboxylic acid groups (broad SMARTS) is 1. The van der Waals surface area contributed by atoms with Gasteiger partial charge in [-0.25, -0.2) is 9.18 Å².